The van der Waals surface area contributed by atoms with Crippen LogP contribution < -0.4 is 0 Å². The summed E-state index contributed by atoms with van der Waals surface area (Å²) in [6.45, 7) is 0.688. The second kappa shape index (κ2) is 4.40. The van der Waals surface area contributed by atoms with Gasteiger partial charge in [0, 0.05) is 13.5 Å². The Bertz CT molecular complexity index is 316. The van der Waals surface area contributed by atoms with Crippen molar-refractivity contribution in [3.63, 3.8) is 0 Å². The minimum Gasteiger partial charge on any atom is -0.356 e. The zero-order chi connectivity index (χ0) is 9.80. The first kappa shape index (κ1) is 9.44. The molecule has 0 radical (unpaired) electrons. The molecule has 1 aliphatic heterocycles. The van der Waals surface area contributed by atoms with Crippen LogP contribution >= 0.6 is 0 Å². The fraction of sp³-hybridized carbons (Fsp3) is 0.333. The number of rotatable bonds is 2. The highest BCUT2D eigenvalue weighted by Crippen LogP contribution is 2.21. The largest absolute Gasteiger partial charge is 0.356 e. The Labute approximate surface area is 84.2 Å². The quantitative estimate of drug-likeness (QED) is 0.713. The van der Waals surface area contributed by atoms with E-state index < -0.39 is 0 Å². The summed E-state index contributed by atoms with van der Waals surface area (Å²) < 4.78 is 10.5. The monoisotopic (exact) mass is 190 g/mol. The van der Waals surface area contributed by atoms with Gasteiger partial charge in [-0.1, -0.05) is 36.4 Å². The van der Waals surface area contributed by atoms with Gasteiger partial charge in [-0.25, -0.2) is 0 Å². The number of ether oxygens (including phenoxy) is 2. The molecule has 0 bridgehead atoms. The third-order valence-corrected chi connectivity index (χ3v) is 2.32. The summed E-state index contributed by atoms with van der Waals surface area (Å²) in [4.78, 5) is 0. The minimum atomic E-state index is -0.0510. The molecule has 0 amide bonds. The van der Waals surface area contributed by atoms with E-state index in [4.69, 9.17) is 9.47 Å². The van der Waals surface area contributed by atoms with Gasteiger partial charge < -0.3 is 9.47 Å². The van der Waals surface area contributed by atoms with Crippen molar-refractivity contribution in [3.8, 4) is 0 Å². The van der Waals surface area contributed by atoms with Crippen molar-refractivity contribution in [1.29, 1.82) is 0 Å². The summed E-state index contributed by atoms with van der Waals surface area (Å²) in [5.74, 6) is 0. The second-order valence-corrected chi connectivity index (χ2v) is 3.39. The third-order valence-electron chi connectivity index (χ3n) is 2.32. The molecule has 0 saturated carbocycles. The summed E-state index contributed by atoms with van der Waals surface area (Å²) in [7, 11) is 1.68. The van der Waals surface area contributed by atoms with E-state index in [1.54, 1.807) is 7.11 Å². The Kier molecular flexibility index (Phi) is 2.96. The van der Waals surface area contributed by atoms with Crippen molar-refractivity contribution in [1.82, 2.24) is 0 Å². The number of methoxy groups -OCH3 is 1. The summed E-state index contributed by atoms with van der Waals surface area (Å²) in [5.41, 5.74) is 2.52. The molecule has 1 unspecified atom stereocenters. The lowest BCUT2D eigenvalue weighted by Crippen LogP contribution is -2.05. The van der Waals surface area contributed by atoms with E-state index in [-0.39, 0.29) is 6.29 Å². The van der Waals surface area contributed by atoms with E-state index >= 15 is 0 Å². The van der Waals surface area contributed by atoms with Gasteiger partial charge in [-0.15, -0.1) is 0 Å². The molecule has 2 nitrogen and oxygen atoms in total. The van der Waals surface area contributed by atoms with Gasteiger partial charge in [0.05, 0.1) is 6.61 Å². The maximum absolute atomic E-state index is 5.40. The van der Waals surface area contributed by atoms with Crippen LogP contribution in [0.2, 0.25) is 0 Å². The molecule has 0 aliphatic carbocycles. The van der Waals surface area contributed by atoms with Crippen LogP contribution in [0.25, 0.3) is 6.08 Å². The lowest BCUT2D eigenvalue weighted by atomic mass is 10.1. The number of hydrogen-bond donors (Lipinski definition) is 0. The van der Waals surface area contributed by atoms with Gasteiger partial charge in [-0.05, 0) is 11.1 Å². The highest BCUT2D eigenvalue weighted by molar-refractivity contribution is 5.53. The van der Waals surface area contributed by atoms with E-state index in [0.717, 1.165) is 6.42 Å². The molecule has 1 saturated heterocycles. The van der Waals surface area contributed by atoms with Crippen molar-refractivity contribution in [2.45, 2.75) is 12.7 Å². The Morgan fingerprint density at radius 3 is 2.79 bits per heavy atom. The summed E-state index contributed by atoms with van der Waals surface area (Å²) in [6, 6.07) is 10.3. The SMILES string of the molecule is COC1C/C(=C/c2ccccc2)CO1. The average molecular weight is 190 g/mol. The van der Waals surface area contributed by atoms with E-state index in [0.29, 0.717) is 6.61 Å². The molecule has 0 aromatic heterocycles. The zero-order valence-electron chi connectivity index (χ0n) is 8.27. The molecule has 14 heavy (non-hydrogen) atoms. The summed E-state index contributed by atoms with van der Waals surface area (Å²) in [6.07, 6.45) is 3.00. The summed E-state index contributed by atoms with van der Waals surface area (Å²) >= 11 is 0. The van der Waals surface area contributed by atoms with Gasteiger partial charge in [0.2, 0.25) is 0 Å². The molecule has 1 heterocycles. The highest BCUT2D eigenvalue weighted by atomic mass is 16.7. The molecule has 0 spiro atoms. The first-order valence-electron chi connectivity index (χ1n) is 4.77. The lowest BCUT2D eigenvalue weighted by molar-refractivity contribution is -0.0879. The molecule has 1 aromatic carbocycles. The highest BCUT2D eigenvalue weighted by Gasteiger charge is 2.18. The van der Waals surface area contributed by atoms with Crippen molar-refractivity contribution in [2.24, 2.45) is 0 Å². The Balaban J connectivity index is 2.06. The molecule has 1 atom stereocenters. The van der Waals surface area contributed by atoms with Crippen LogP contribution in [0, 0.1) is 0 Å². The van der Waals surface area contributed by atoms with Gasteiger partial charge in [-0.3, -0.25) is 0 Å². The Hall–Kier alpha value is -1.12. The summed E-state index contributed by atoms with van der Waals surface area (Å²) in [5, 5.41) is 0. The third kappa shape index (κ3) is 2.22. The van der Waals surface area contributed by atoms with Gasteiger partial charge in [-0.2, -0.15) is 0 Å². The van der Waals surface area contributed by atoms with Gasteiger partial charge >= 0.3 is 0 Å². The van der Waals surface area contributed by atoms with E-state index in [9.17, 15) is 0 Å². The first-order valence-corrected chi connectivity index (χ1v) is 4.77. The van der Waals surface area contributed by atoms with Crippen LogP contribution in [0.1, 0.15) is 12.0 Å². The molecular weight excluding hydrogens is 176 g/mol. The second-order valence-electron chi connectivity index (χ2n) is 3.39. The molecule has 74 valence electrons. The predicted octanol–water partition coefficient (Wildman–Crippen LogP) is 2.46. The van der Waals surface area contributed by atoms with Crippen LogP contribution in [0.3, 0.4) is 0 Å². The molecule has 1 aromatic rings. The number of hydrogen-bond acceptors (Lipinski definition) is 2. The minimum absolute atomic E-state index is 0.0510. The van der Waals surface area contributed by atoms with E-state index in [2.05, 4.69) is 18.2 Å². The zero-order valence-corrected chi connectivity index (χ0v) is 8.27. The van der Waals surface area contributed by atoms with Crippen molar-refractivity contribution in [3.05, 3.63) is 41.5 Å². The fourth-order valence-corrected chi connectivity index (χ4v) is 1.57. The van der Waals surface area contributed by atoms with E-state index in [1.165, 1.54) is 11.1 Å². The average Bonchev–Trinajstić information content (AvgIpc) is 2.67. The topological polar surface area (TPSA) is 18.5 Å². The fourth-order valence-electron chi connectivity index (χ4n) is 1.57. The smallest absolute Gasteiger partial charge is 0.161 e. The molecule has 2 heteroatoms. The molecule has 1 fully saturated rings. The maximum atomic E-state index is 5.40. The molecule has 2 rings (SSSR count). The van der Waals surface area contributed by atoms with Crippen molar-refractivity contribution < 1.29 is 9.47 Å². The van der Waals surface area contributed by atoms with Gasteiger partial charge in [0.25, 0.3) is 0 Å². The predicted molar refractivity (Wildman–Crippen MR) is 55.8 cm³/mol. The van der Waals surface area contributed by atoms with Crippen LogP contribution in [-0.4, -0.2) is 20.0 Å². The van der Waals surface area contributed by atoms with Crippen LogP contribution in [0.5, 0.6) is 0 Å². The normalized spacial score (nSPS) is 24.4. The van der Waals surface area contributed by atoms with Gasteiger partial charge in [0.15, 0.2) is 6.29 Å². The molecular formula is C12H14O2. The van der Waals surface area contributed by atoms with Crippen molar-refractivity contribution in [2.75, 3.05) is 13.7 Å². The maximum Gasteiger partial charge on any atom is 0.161 e. The van der Waals surface area contributed by atoms with Gasteiger partial charge in [0.1, 0.15) is 0 Å². The van der Waals surface area contributed by atoms with Crippen LogP contribution in [-0.2, 0) is 9.47 Å². The Morgan fingerprint density at radius 2 is 2.14 bits per heavy atom. The first-order chi connectivity index (χ1) is 6.88. The molecule has 0 N–H and O–H groups in total. The molecule has 1 aliphatic rings. The standard InChI is InChI=1S/C12H14O2/c1-13-12-8-11(9-14-12)7-10-5-3-2-4-6-10/h2-7,12H,8-9H2,1H3/b11-7-. The van der Waals surface area contributed by atoms with E-state index in [1.807, 2.05) is 18.2 Å². The Morgan fingerprint density at radius 1 is 1.36 bits per heavy atom. The van der Waals surface area contributed by atoms with Crippen LogP contribution in [0.15, 0.2) is 35.9 Å². The van der Waals surface area contributed by atoms with Crippen molar-refractivity contribution >= 4 is 6.08 Å². The van der Waals surface area contributed by atoms with Crippen LogP contribution in [0.4, 0.5) is 0 Å². The number of benzene rings is 1. The lowest BCUT2D eigenvalue weighted by Gasteiger charge is -2.03.